The van der Waals surface area contributed by atoms with Crippen LogP contribution >= 0.6 is 23.1 Å². The van der Waals surface area contributed by atoms with E-state index in [9.17, 15) is 13.2 Å². The molecule has 0 saturated carbocycles. The summed E-state index contributed by atoms with van der Waals surface area (Å²) >= 11 is 2.73. The van der Waals surface area contributed by atoms with E-state index in [-0.39, 0.29) is 17.4 Å². The number of benzene rings is 1. The predicted octanol–water partition coefficient (Wildman–Crippen LogP) is 1.49. The van der Waals surface area contributed by atoms with Crippen LogP contribution in [0.4, 0.5) is 0 Å². The topological polar surface area (TPSA) is 114 Å². The van der Waals surface area contributed by atoms with Gasteiger partial charge in [-0.25, -0.2) is 13.1 Å². The van der Waals surface area contributed by atoms with Crippen molar-refractivity contribution in [3.63, 3.8) is 0 Å². The first-order chi connectivity index (χ1) is 14.9. The van der Waals surface area contributed by atoms with Crippen LogP contribution in [0.2, 0.25) is 0 Å². The minimum Gasteiger partial charge on any atom is -0.339 e. The number of piperazine rings is 1. The molecule has 1 aromatic carbocycles. The lowest BCUT2D eigenvalue weighted by molar-refractivity contribution is -0.129. The molecule has 9 nitrogen and oxygen atoms in total. The Labute approximate surface area is 188 Å². The number of rotatable bonds is 7. The van der Waals surface area contributed by atoms with Crippen LogP contribution in [-0.4, -0.2) is 70.3 Å². The third-order valence-electron chi connectivity index (χ3n) is 4.91. The van der Waals surface area contributed by atoms with E-state index in [4.69, 9.17) is 5.84 Å². The number of thiophene rings is 1. The summed E-state index contributed by atoms with van der Waals surface area (Å²) < 4.78 is 28.2. The number of amides is 1. The van der Waals surface area contributed by atoms with Crippen molar-refractivity contribution in [1.29, 1.82) is 0 Å². The highest BCUT2D eigenvalue weighted by atomic mass is 32.2. The van der Waals surface area contributed by atoms with E-state index >= 15 is 0 Å². The van der Waals surface area contributed by atoms with Gasteiger partial charge in [0.1, 0.15) is 0 Å². The molecule has 4 rings (SSSR count). The molecule has 164 valence electrons. The molecule has 0 unspecified atom stereocenters. The van der Waals surface area contributed by atoms with E-state index in [2.05, 4.69) is 10.2 Å². The summed E-state index contributed by atoms with van der Waals surface area (Å²) in [5.41, 5.74) is 0.755. The Kier molecular flexibility index (Phi) is 6.60. The van der Waals surface area contributed by atoms with Crippen LogP contribution in [0.1, 0.15) is 5.56 Å². The first-order valence-electron chi connectivity index (χ1n) is 9.61. The number of thioether (sulfide) groups is 1. The fourth-order valence-electron chi connectivity index (χ4n) is 3.26. The van der Waals surface area contributed by atoms with E-state index in [0.29, 0.717) is 37.2 Å². The third kappa shape index (κ3) is 5.09. The lowest BCUT2D eigenvalue weighted by Crippen LogP contribution is -2.51. The molecule has 3 heterocycles. The maximum absolute atomic E-state index is 12.7. The van der Waals surface area contributed by atoms with Gasteiger partial charge in [0.15, 0.2) is 5.82 Å². The Morgan fingerprint density at radius 2 is 1.81 bits per heavy atom. The second-order valence-electron chi connectivity index (χ2n) is 6.96. The molecule has 3 aromatic rings. The highest BCUT2D eigenvalue weighted by molar-refractivity contribution is 7.99. The van der Waals surface area contributed by atoms with Gasteiger partial charge in [0.05, 0.1) is 16.4 Å². The van der Waals surface area contributed by atoms with Crippen molar-refractivity contribution in [3.8, 4) is 10.7 Å². The summed E-state index contributed by atoms with van der Waals surface area (Å²) in [4.78, 5) is 15.2. The smallest absolute Gasteiger partial charge is 0.233 e. The number of aromatic nitrogens is 3. The second-order valence-corrected chi connectivity index (χ2v) is 10.8. The van der Waals surface area contributed by atoms with Crippen LogP contribution in [0.3, 0.4) is 0 Å². The van der Waals surface area contributed by atoms with Crippen LogP contribution < -0.4 is 5.84 Å². The number of nitrogens with zero attached hydrogens (tertiary/aromatic N) is 5. The lowest BCUT2D eigenvalue weighted by Gasteiger charge is -2.34. The molecular weight excluding hydrogens is 456 g/mol. The van der Waals surface area contributed by atoms with Crippen LogP contribution in [0.15, 0.2) is 53.0 Å². The quantitative estimate of drug-likeness (QED) is 0.404. The zero-order chi connectivity index (χ0) is 21.8. The van der Waals surface area contributed by atoms with Crippen LogP contribution in [0, 0.1) is 0 Å². The molecular formula is C19H22N6O3S3. The molecule has 1 amide bonds. The van der Waals surface area contributed by atoms with Gasteiger partial charge in [0, 0.05) is 26.2 Å². The lowest BCUT2D eigenvalue weighted by atomic mass is 10.2. The average Bonchev–Trinajstić information content (AvgIpc) is 3.42. The van der Waals surface area contributed by atoms with Crippen LogP contribution in [0.25, 0.3) is 10.7 Å². The van der Waals surface area contributed by atoms with Gasteiger partial charge in [-0.1, -0.05) is 48.2 Å². The van der Waals surface area contributed by atoms with Crippen molar-refractivity contribution < 1.29 is 13.2 Å². The van der Waals surface area contributed by atoms with Gasteiger partial charge in [0.2, 0.25) is 21.1 Å². The van der Waals surface area contributed by atoms with Gasteiger partial charge >= 0.3 is 0 Å². The molecule has 1 aliphatic heterocycles. The highest BCUT2D eigenvalue weighted by Gasteiger charge is 2.29. The summed E-state index contributed by atoms with van der Waals surface area (Å²) in [5, 5.41) is 10.6. The maximum Gasteiger partial charge on any atom is 0.233 e. The molecule has 1 fully saturated rings. The molecule has 1 saturated heterocycles. The minimum atomic E-state index is -3.41. The molecule has 0 radical (unpaired) electrons. The number of carbonyl (C=O) groups excluding carboxylic acids is 1. The predicted molar refractivity (Wildman–Crippen MR) is 121 cm³/mol. The zero-order valence-corrected chi connectivity index (χ0v) is 19.1. The van der Waals surface area contributed by atoms with Crippen molar-refractivity contribution in [2.45, 2.75) is 10.9 Å². The molecule has 0 aliphatic carbocycles. The summed E-state index contributed by atoms with van der Waals surface area (Å²) in [6.07, 6.45) is 0. The molecule has 0 atom stereocenters. The average molecular weight is 479 g/mol. The fourth-order valence-corrected chi connectivity index (χ4v) is 6.24. The van der Waals surface area contributed by atoms with Crippen molar-refractivity contribution in [3.05, 3.63) is 53.4 Å². The molecule has 2 aromatic heterocycles. The molecule has 12 heteroatoms. The molecule has 31 heavy (non-hydrogen) atoms. The molecule has 0 bridgehead atoms. The van der Waals surface area contributed by atoms with Gasteiger partial charge in [-0.15, -0.1) is 21.5 Å². The van der Waals surface area contributed by atoms with Crippen LogP contribution in [0.5, 0.6) is 0 Å². The molecule has 0 spiro atoms. The number of sulfonamides is 1. The Bertz CT molecular complexity index is 1120. The molecule has 1 aliphatic rings. The van der Waals surface area contributed by atoms with Gasteiger partial charge in [-0.2, -0.15) is 4.31 Å². The Morgan fingerprint density at radius 1 is 1.06 bits per heavy atom. The van der Waals surface area contributed by atoms with Crippen molar-refractivity contribution >= 4 is 39.0 Å². The minimum absolute atomic E-state index is 0.0314. The summed E-state index contributed by atoms with van der Waals surface area (Å²) in [7, 11) is -3.41. The van der Waals surface area contributed by atoms with Crippen molar-refractivity contribution in [1.82, 2.24) is 24.1 Å². The Morgan fingerprint density at radius 3 is 2.48 bits per heavy atom. The first-order valence-corrected chi connectivity index (χ1v) is 13.1. The van der Waals surface area contributed by atoms with E-state index in [1.807, 2.05) is 35.7 Å². The normalized spacial score (nSPS) is 15.3. The van der Waals surface area contributed by atoms with E-state index in [1.165, 1.54) is 32.1 Å². The highest BCUT2D eigenvalue weighted by Crippen LogP contribution is 2.25. The van der Waals surface area contributed by atoms with Gasteiger partial charge < -0.3 is 10.7 Å². The number of hydrogen-bond acceptors (Lipinski definition) is 8. The van der Waals surface area contributed by atoms with Gasteiger partial charge in [0.25, 0.3) is 0 Å². The number of carbonyl (C=O) groups is 1. The summed E-state index contributed by atoms with van der Waals surface area (Å²) in [6, 6.07) is 12.9. The van der Waals surface area contributed by atoms with E-state index in [1.54, 1.807) is 17.0 Å². The standard InChI is InChI=1S/C19H22N6O3S3/c20-25-18(16-7-4-12-29-16)21-22-19(25)30-13-17(26)23-8-10-24(11-9-23)31(27,28)14-15-5-2-1-3-6-15/h1-7,12H,8-11,13-14,20H2. The summed E-state index contributed by atoms with van der Waals surface area (Å²) in [5.74, 6) is 6.68. The Hall–Kier alpha value is -2.41. The van der Waals surface area contributed by atoms with E-state index < -0.39 is 10.0 Å². The van der Waals surface area contributed by atoms with E-state index in [0.717, 1.165) is 10.4 Å². The van der Waals surface area contributed by atoms with Crippen LogP contribution in [-0.2, 0) is 20.6 Å². The number of nitrogens with two attached hydrogens (primary N) is 1. The van der Waals surface area contributed by atoms with Crippen molar-refractivity contribution in [2.24, 2.45) is 0 Å². The SMILES string of the molecule is Nn1c(SCC(=O)N2CCN(S(=O)(=O)Cc3ccccc3)CC2)nnc1-c1cccs1. The monoisotopic (exact) mass is 478 g/mol. The fraction of sp³-hybridized carbons (Fsp3) is 0.316. The Balaban J connectivity index is 1.29. The van der Waals surface area contributed by atoms with Gasteiger partial charge in [-0.3, -0.25) is 4.79 Å². The third-order valence-corrected chi connectivity index (χ3v) is 8.55. The number of nitrogen functional groups attached to an aromatic ring is 1. The summed E-state index contributed by atoms with van der Waals surface area (Å²) in [6.45, 7) is 1.31. The zero-order valence-electron chi connectivity index (χ0n) is 16.6. The van der Waals surface area contributed by atoms with Gasteiger partial charge in [-0.05, 0) is 17.0 Å². The molecule has 2 N–H and O–H groups in total. The maximum atomic E-state index is 12.7. The number of hydrogen-bond donors (Lipinski definition) is 1. The second kappa shape index (κ2) is 9.39. The van der Waals surface area contributed by atoms with Crippen molar-refractivity contribution in [2.75, 3.05) is 37.8 Å². The largest absolute Gasteiger partial charge is 0.339 e. The first kappa shape index (κ1) is 21.8.